The van der Waals surface area contributed by atoms with Crippen LogP contribution in [-0.4, -0.2) is 5.91 Å². The van der Waals surface area contributed by atoms with Gasteiger partial charge in [-0.1, -0.05) is 52.4 Å². The van der Waals surface area contributed by atoms with Gasteiger partial charge in [-0.15, -0.1) is 0 Å². The second kappa shape index (κ2) is 9.04. The Bertz CT molecular complexity index is 145. The Hall–Kier alpha value is -0.530. The minimum absolute atomic E-state index is 0.161. The number of amides is 1. The number of primary amides is 1. The molecule has 1 atom stereocenters. The number of carbonyl (C=O) groups is 1. The zero-order chi connectivity index (χ0) is 10.8. The van der Waals surface area contributed by atoms with Crippen molar-refractivity contribution in [2.45, 2.75) is 65.2 Å². The second-order valence-corrected chi connectivity index (χ2v) is 4.13. The Morgan fingerprint density at radius 3 is 2.36 bits per heavy atom. The topological polar surface area (TPSA) is 43.1 Å². The second-order valence-electron chi connectivity index (χ2n) is 4.13. The Balaban J connectivity index is 3.28. The average Bonchev–Trinajstić information content (AvgIpc) is 2.15. The van der Waals surface area contributed by atoms with Gasteiger partial charge in [0.15, 0.2) is 0 Å². The minimum Gasteiger partial charge on any atom is -0.370 e. The Morgan fingerprint density at radius 1 is 1.14 bits per heavy atom. The Morgan fingerprint density at radius 2 is 1.86 bits per heavy atom. The summed E-state index contributed by atoms with van der Waals surface area (Å²) in [6.07, 6.45) is 9.20. The molecule has 1 amide bonds. The van der Waals surface area contributed by atoms with Crippen molar-refractivity contribution in [2.24, 2.45) is 11.7 Å². The van der Waals surface area contributed by atoms with Crippen molar-refractivity contribution in [3.63, 3.8) is 0 Å². The van der Waals surface area contributed by atoms with Gasteiger partial charge in [0.25, 0.3) is 0 Å². The molecule has 0 fully saturated rings. The molecule has 0 aromatic carbocycles. The molecule has 1 unspecified atom stereocenters. The van der Waals surface area contributed by atoms with Crippen LogP contribution in [0.4, 0.5) is 0 Å². The molecule has 0 aromatic heterocycles. The maximum absolute atomic E-state index is 10.5. The highest BCUT2D eigenvalue weighted by Crippen LogP contribution is 2.18. The van der Waals surface area contributed by atoms with Crippen molar-refractivity contribution in [3.8, 4) is 0 Å². The lowest BCUT2D eigenvalue weighted by atomic mass is 9.94. The van der Waals surface area contributed by atoms with E-state index in [0.29, 0.717) is 6.42 Å². The normalized spacial score (nSPS) is 12.7. The molecule has 0 heterocycles. The third-order valence-electron chi connectivity index (χ3n) is 2.81. The number of nitrogens with two attached hydrogens (primary N) is 1. The van der Waals surface area contributed by atoms with Gasteiger partial charge >= 0.3 is 0 Å². The fourth-order valence-corrected chi connectivity index (χ4v) is 1.87. The van der Waals surface area contributed by atoms with Crippen molar-refractivity contribution in [1.82, 2.24) is 0 Å². The van der Waals surface area contributed by atoms with Crippen molar-refractivity contribution in [3.05, 3.63) is 0 Å². The van der Waals surface area contributed by atoms with Gasteiger partial charge < -0.3 is 5.73 Å². The van der Waals surface area contributed by atoms with E-state index in [1.807, 2.05) is 0 Å². The zero-order valence-corrected chi connectivity index (χ0v) is 9.72. The van der Waals surface area contributed by atoms with Crippen LogP contribution in [0.2, 0.25) is 0 Å². The highest BCUT2D eigenvalue weighted by Gasteiger charge is 2.04. The van der Waals surface area contributed by atoms with Gasteiger partial charge in [0.2, 0.25) is 5.91 Å². The molecule has 84 valence electrons. The predicted octanol–water partition coefficient (Wildman–Crippen LogP) is 3.25. The van der Waals surface area contributed by atoms with Crippen LogP contribution in [0.25, 0.3) is 0 Å². The Kier molecular flexibility index (Phi) is 8.70. The molecule has 2 heteroatoms. The third-order valence-corrected chi connectivity index (χ3v) is 2.81. The molecular formula is C12H25NO. The highest BCUT2D eigenvalue weighted by molar-refractivity contribution is 5.73. The summed E-state index contributed by atoms with van der Waals surface area (Å²) in [4.78, 5) is 10.5. The summed E-state index contributed by atoms with van der Waals surface area (Å²) in [5.74, 6) is 0.735. The van der Waals surface area contributed by atoms with E-state index in [1.54, 1.807) is 0 Å². The minimum atomic E-state index is -0.161. The number of rotatable bonds is 9. The van der Waals surface area contributed by atoms with Crippen LogP contribution in [0.1, 0.15) is 65.2 Å². The van der Waals surface area contributed by atoms with E-state index >= 15 is 0 Å². The van der Waals surface area contributed by atoms with Crippen molar-refractivity contribution >= 4 is 5.91 Å². The van der Waals surface area contributed by atoms with Crippen LogP contribution in [-0.2, 0) is 4.79 Å². The van der Waals surface area contributed by atoms with Gasteiger partial charge in [0.05, 0.1) is 0 Å². The average molecular weight is 199 g/mol. The lowest BCUT2D eigenvalue weighted by Gasteiger charge is -2.12. The summed E-state index contributed by atoms with van der Waals surface area (Å²) in [6, 6.07) is 0. The maximum atomic E-state index is 10.5. The molecule has 0 saturated carbocycles. The molecule has 0 rings (SSSR count). The summed E-state index contributed by atoms with van der Waals surface area (Å²) in [5, 5.41) is 0. The summed E-state index contributed by atoms with van der Waals surface area (Å²) in [6.45, 7) is 4.51. The molecular weight excluding hydrogens is 174 g/mol. The first-order valence-electron chi connectivity index (χ1n) is 5.99. The molecule has 2 N–H and O–H groups in total. The molecule has 0 aliphatic rings. The molecule has 0 bridgehead atoms. The van der Waals surface area contributed by atoms with Gasteiger partial charge in [0.1, 0.15) is 0 Å². The molecule has 0 saturated heterocycles. The summed E-state index contributed by atoms with van der Waals surface area (Å²) < 4.78 is 0. The van der Waals surface area contributed by atoms with E-state index in [1.165, 1.54) is 32.1 Å². The molecule has 0 aromatic rings. The van der Waals surface area contributed by atoms with E-state index in [-0.39, 0.29) is 5.91 Å². The van der Waals surface area contributed by atoms with E-state index < -0.39 is 0 Å². The van der Waals surface area contributed by atoms with E-state index in [9.17, 15) is 4.79 Å². The summed E-state index contributed by atoms with van der Waals surface area (Å²) in [7, 11) is 0. The summed E-state index contributed by atoms with van der Waals surface area (Å²) in [5.41, 5.74) is 5.07. The van der Waals surface area contributed by atoms with Crippen LogP contribution >= 0.6 is 0 Å². The third kappa shape index (κ3) is 8.09. The quantitative estimate of drug-likeness (QED) is 0.569. The fourth-order valence-electron chi connectivity index (χ4n) is 1.87. The van der Waals surface area contributed by atoms with E-state index in [4.69, 9.17) is 5.73 Å². The first-order valence-corrected chi connectivity index (χ1v) is 5.99. The first kappa shape index (κ1) is 13.5. The molecule has 0 spiro atoms. The standard InChI is InChI=1S/C12H25NO/c1-3-8-11(4-2)9-6-5-7-10-12(13)14/h11H,3-10H2,1-2H3,(H2,13,14). The van der Waals surface area contributed by atoms with Gasteiger partial charge in [0, 0.05) is 6.42 Å². The fraction of sp³-hybridized carbons (Fsp3) is 0.917. The summed E-state index contributed by atoms with van der Waals surface area (Å²) >= 11 is 0. The highest BCUT2D eigenvalue weighted by atomic mass is 16.1. The predicted molar refractivity (Wildman–Crippen MR) is 61.0 cm³/mol. The van der Waals surface area contributed by atoms with Gasteiger partial charge in [-0.2, -0.15) is 0 Å². The number of unbranched alkanes of at least 4 members (excludes halogenated alkanes) is 2. The van der Waals surface area contributed by atoms with Crippen molar-refractivity contribution in [1.29, 1.82) is 0 Å². The molecule has 14 heavy (non-hydrogen) atoms. The SMILES string of the molecule is CCCC(CC)CCCCCC(N)=O. The smallest absolute Gasteiger partial charge is 0.217 e. The number of hydrogen-bond acceptors (Lipinski definition) is 1. The van der Waals surface area contributed by atoms with Crippen molar-refractivity contribution < 1.29 is 4.79 Å². The largest absolute Gasteiger partial charge is 0.370 e. The lowest BCUT2D eigenvalue weighted by Crippen LogP contribution is -2.09. The maximum Gasteiger partial charge on any atom is 0.217 e. The zero-order valence-electron chi connectivity index (χ0n) is 9.72. The molecule has 0 aliphatic heterocycles. The Labute approximate surface area is 88.3 Å². The monoisotopic (exact) mass is 199 g/mol. The van der Waals surface area contributed by atoms with Gasteiger partial charge in [-0.25, -0.2) is 0 Å². The van der Waals surface area contributed by atoms with Crippen LogP contribution in [0.5, 0.6) is 0 Å². The van der Waals surface area contributed by atoms with Crippen LogP contribution in [0.3, 0.4) is 0 Å². The van der Waals surface area contributed by atoms with Crippen molar-refractivity contribution in [2.75, 3.05) is 0 Å². The molecule has 0 aliphatic carbocycles. The number of carbonyl (C=O) groups excluding carboxylic acids is 1. The molecule has 0 radical (unpaired) electrons. The lowest BCUT2D eigenvalue weighted by molar-refractivity contribution is -0.118. The van der Waals surface area contributed by atoms with E-state index in [2.05, 4.69) is 13.8 Å². The van der Waals surface area contributed by atoms with Gasteiger partial charge in [-0.05, 0) is 12.3 Å². The van der Waals surface area contributed by atoms with Crippen LogP contribution in [0, 0.1) is 5.92 Å². The molecule has 2 nitrogen and oxygen atoms in total. The first-order chi connectivity index (χ1) is 6.70. The van der Waals surface area contributed by atoms with Crippen LogP contribution in [0.15, 0.2) is 0 Å². The number of hydrogen-bond donors (Lipinski definition) is 1. The van der Waals surface area contributed by atoms with Gasteiger partial charge in [-0.3, -0.25) is 4.79 Å². The van der Waals surface area contributed by atoms with E-state index in [0.717, 1.165) is 18.8 Å². The van der Waals surface area contributed by atoms with Crippen LogP contribution < -0.4 is 5.73 Å².